The molecule has 1 aliphatic heterocycles. The van der Waals surface area contributed by atoms with E-state index < -0.39 is 35.2 Å². The van der Waals surface area contributed by atoms with Gasteiger partial charge in [-0.15, -0.1) is 0 Å². The van der Waals surface area contributed by atoms with E-state index >= 15 is 0 Å². The van der Waals surface area contributed by atoms with Gasteiger partial charge in [0.2, 0.25) is 0 Å². The molecule has 0 radical (unpaired) electrons. The number of hydrogen-bond acceptors (Lipinski definition) is 4. The monoisotopic (exact) mass is 376 g/mol. The first kappa shape index (κ1) is 18.2. The van der Waals surface area contributed by atoms with Crippen LogP contribution in [0.2, 0.25) is 0 Å². The van der Waals surface area contributed by atoms with Crippen LogP contribution in [0.25, 0.3) is 6.08 Å². The van der Waals surface area contributed by atoms with Crippen molar-refractivity contribution in [1.82, 2.24) is 5.32 Å². The number of hydrogen-bond donors (Lipinski definition) is 1. The number of nitrogens with zero attached hydrogens (tertiary/aromatic N) is 1. The topological polar surface area (TPSA) is 79.6 Å². The first-order valence-corrected chi connectivity index (χ1v) is 7.56. The second-order valence-electron chi connectivity index (χ2n) is 5.40. The molecule has 9 heteroatoms. The van der Waals surface area contributed by atoms with Crippen molar-refractivity contribution in [2.75, 3.05) is 4.90 Å². The maximum atomic E-state index is 12.9. The molecular formula is C18H11F3N2O4. The number of halogens is 3. The molecule has 0 unspecified atom stereocenters. The number of amides is 4. The highest BCUT2D eigenvalue weighted by atomic mass is 19.4. The van der Waals surface area contributed by atoms with Crippen molar-refractivity contribution in [3.8, 4) is 0 Å². The Morgan fingerprint density at radius 3 is 2.52 bits per heavy atom. The number of barbiturate groups is 1. The second-order valence-corrected chi connectivity index (χ2v) is 5.40. The Labute approximate surface area is 150 Å². The van der Waals surface area contributed by atoms with Gasteiger partial charge in [0.25, 0.3) is 11.8 Å². The summed E-state index contributed by atoms with van der Waals surface area (Å²) in [5.41, 5.74) is -1.74. The Bertz CT molecular complexity index is 959. The summed E-state index contributed by atoms with van der Waals surface area (Å²) in [5.74, 6) is -1.52. The zero-order valence-electron chi connectivity index (χ0n) is 13.5. The largest absolute Gasteiger partial charge is 0.465 e. The van der Waals surface area contributed by atoms with Crippen LogP contribution in [0.1, 0.15) is 11.3 Å². The molecule has 4 amide bonds. The first-order valence-electron chi connectivity index (χ1n) is 7.56. The third-order valence-electron chi connectivity index (χ3n) is 3.60. The number of benzene rings is 1. The molecule has 1 aromatic carbocycles. The Hall–Kier alpha value is -3.62. The molecule has 0 spiro atoms. The van der Waals surface area contributed by atoms with Crippen LogP contribution in [-0.4, -0.2) is 17.8 Å². The van der Waals surface area contributed by atoms with Gasteiger partial charge < -0.3 is 4.42 Å². The van der Waals surface area contributed by atoms with Gasteiger partial charge in [0.1, 0.15) is 11.3 Å². The lowest BCUT2D eigenvalue weighted by atomic mass is 10.1. The van der Waals surface area contributed by atoms with Gasteiger partial charge in [-0.3, -0.25) is 14.9 Å². The van der Waals surface area contributed by atoms with Crippen LogP contribution in [0.5, 0.6) is 0 Å². The number of allylic oxidation sites excluding steroid dienone is 2. The summed E-state index contributed by atoms with van der Waals surface area (Å²) in [4.78, 5) is 37.0. The van der Waals surface area contributed by atoms with Crippen molar-refractivity contribution in [1.29, 1.82) is 0 Å². The molecule has 2 heterocycles. The quantitative estimate of drug-likeness (QED) is 0.657. The van der Waals surface area contributed by atoms with Crippen LogP contribution in [0.15, 0.2) is 64.8 Å². The van der Waals surface area contributed by atoms with Gasteiger partial charge in [-0.1, -0.05) is 12.1 Å². The van der Waals surface area contributed by atoms with Gasteiger partial charge in [0.15, 0.2) is 0 Å². The smallest absolute Gasteiger partial charge is 0.416 e. The average Bonchev–Trinajstić information content (AvgIpc) is 3.10. The fraction of sp³-hybridized carbons (Fsp3) is 0.0556. The van der Waals surface area contributed by atoms with Crippen LogP contribution in [-0.2, 0) is 15.8 Å². The van der Waals surface area contributed by atoms with Crippen LogP contribution in [0, 0.1) is 0 Å². The molecule has 1 aromatic heterocycles. The van der Waals surface area contributed by atoms with Crippen molar-refractivity contribution in [3.63, 3.8) is 0 Å². The summed E-state index contributed by atoms with van der Waals surface area (Å²) in [7, 11) is 0. The molecular weight excluding hydrogens is 365 g/mol. The van der Waals surface area contributed by atoms with Gasteiger partial charge >= 0.3 is 12.2 Å². The van der Waals surface area contributed by atoms with Gasteiger partial charge in [-0.2, -0.15) is 13.2 Å². The number of nitrogens with one attached hydrogen (secondary N) is 1. The SMILES string of the molecule is O=C1NC(=O)N(c2cccc(C(F)(F)F)c2)C(=O)/C1=C/C=C/c1ccco1. The Morgan fingerprint density at radius 2 is 1.85 bits per heavy atom. The summed E-state index contributed by atoms with van der Waals surface area (Å²) in [6.07, 6.45) is 0.752. The maximum Gasteiger partial charge on any atom is 0.416 e. The van der Waals surface area contributed by atoms with E-state index in [1.54, 1.807) is 12.1 Å². The van der Waals surface area contributed by atoms with Crippen LogP contribution >= 0.6 is 0 Å². The van der Waals surface area contributed by atoms with Gasteiger partial charge in [-0.05, 0) is 42.5 Å². The Balaban J connectivity index is 1.93. The van der Waals surface area contributed by atoms with Gasteiger partial charge in [-0.25, -0.2) is 9.69 Å². The van der Waals surface area contributed by atoms with E-state index in [-0.39, 0.29) is 5.69 Å². The fourth-order valence-corrected chi connectivity index (χ4v) is 2.36. The lowest BCUT2D eigenvalue weighted by Gasteiger charge is -2.26. The van der Waals surface area contributed by atoms with Crippen molar-refractivity contribution < 1.29 is 32.0 Å². The minimum atomic E-state index is -4.65. The molecule has 27 heavy (non-hydrogen) atoms. The number of carbonyl (C=O) groups is 3. The second kappa shape index (κ2) is 6.94. The molecule has 0 saturated carbocycles. The number of carbonyl (C=O) groups excluding carboxylic acids is 3. The summed E-state index contributed by atoms with van der Waals surface area (Å²) in [6, 6.07) is 5.84. The normalized spacial score (nSPS) is 17.1. The Morgan fingerprint density at radius 1 is 1.07 bits per heavy atom. The van der Waals surface area contributed by atoms with Crippen molar-refractivity contribution in [2.24, 2.45) is 0 Å². The highest BCUT2D eigenvalue weighted by Crippen LogP contribution is 2.32. The van der Waals surface area contributed by atoms with Gasteiger partial charge in [0.05, 0.1) is 17.5 Å². The third kappa shape index (κ3) is 3.81. The molecule has 6 nitrogen and oxygen atoms in total. The molecule has 1 aliphatic rings. The third-order valence-corrected chi connectivity index (χ3v) is 3.60. The van der Waals surface area contributed by atoms with E-state index in [1.807, 2.05) is 5.32 Å². The van der Waals surface area contributed by atoms with Crippen molar-refractivity contribution in [2.45, 2.75) is 6.18 Å². The fourth-order valence-electron chi connectivity index (χ4n) is 2.36. The molecule has 0 aliphatic carbocycles. The highest BCUT2D eigenvalue weighted by Gasteiger charge is 2.38. The predicted molar refractivity (Wildman–Crippen MR) is 88.3 cm³/mol. The minimum Gasteiger partial charge on any atom is -0.465 e. The molecule has 2 aromatic rings. The van der Waals surface area contributed by atoms with E-state index in [4.69, 9.17) is 4.42 Å². The molecule has 0 atom stereocenters. The predicted octanol–water partition coefficient (Wildman–Crippen LogP) is 3.52. The first-order chi connectivity index (χ1) is 12.8. The molecule has 1 fully saturated rings. The summed E-state index contributed by atoms with van der Waals surface area (Å²) in [6.45, 7) is 0. The van der Waals surface area contributed by atoms with Gasteiger partial charge in [0, 0.05) is 0 Å². The molecule has 138 valence electrons. The number of rotatable bonds is 3. The summed E-state index contributed by atoms with van der Waals surface area (Å²) >= 11 is 0. The van der Waals surface area contributed by atoms with E-state index in [0.717, 1.165) is 18.2 Å². The van der Waals surface area contributed by atoms with E-state index in [2.05, 4.69) is 0 Å². The maximum absolute atomic E-state index is 12.9. The number of anilines is 1. The zero-order chi connectivity index (χ0) is 19.6. The molecule has 3 rings (SSSR count). The van der Waals surface area contributed by atoms with Crippen molar-refractivity contribution >= 4 is 29.6 Å². The lowest BCUT2D eigenvalue weighted by Crippen LogP contribution is -2.54. The number of imide groups is 2. The van der Waals surface area contributed by atoms with E-state index in [0.29, 0.717) is 16.7 Å². The Kier molecular flexibility index (Phi) is 4.68. The zero-order valence-corrected chi connectivity index (χ0v) is 13.5. The number of urea groups is 1. The summed E-state index contributed by atoms with van der Waals surface area (Å²) < 4.78 is 43.7. The van der Waals surface area contributed by atoms with E-state index in [1.165, 1.54) is 24.5 Å². The van der Waals surface area contributed by atoms with Crippen LogP contribution < -0.4 is 10.2 Å². The van der Waals surface area contributed by atoms with E-state index in [9.17, 15) is 27.6 Å². The lowest BCUT2D eigenvalue weighted by molar-refractivity contribution is -0.137. The van der Waals surface area contributed by atoms with Crippen LogP contribution in [0.3, 0.4) is 0 Å². The average molecular weight is 376 g/mol. The standard InChI is InChI=1S/C18H11F3N2O4/c19-18(20,21)11-4-1-5-12(10-11)23-16(25)14(15(24)22-17(23)26)8-2-6-13-7-3-9-27-13/h1-10H,(H,22,24,26)/b6-2+,14-8+. The minimum absolute atomic E-state index is 0.305. The van der Waals surface area contributed by atoms with Crippen molar-refractivity contribution in [3.05, 3.63) is 71.7 Å². The molecule has 1 N–H and O–H groups in total. The van der Waals surface area contributed by atoms with Crippen LogP contribution in [0.4, 0.5) is 23.7 Å². The number of alkyl halides is 3. The summed E-state index contributed by atoms with van der Waals surface area (Å²) in [5, 5.41) is 1.93. The highest BCUT2D eigenvalue weighted by molar-refractivity contribution is 6.37. The molecule has 0 bridgehead atoms. The molecule has 1 saturated heterocycles. The number of furan rings is 1.